The fourth-order valence-electron chi connectivity index (χ4n) is 1.65. The number of aromatic amines is 1. The first-order chi connectivity index (χ1) is 7.52. The molecule has 0 radical (unpaired) electrons. The molecule has 0 bridgehead atoms. The fourth-order valence-corrected chi connectivity index (χ4v) is 1.65. The van der Waals surface area contributed by atoms with Crippen LogP contribution < -0.4 is 0 Å². The SMILES string of the molecule is Cc1c(C(=O)O)c(C(=O)O)nc2[nH]ccc12. The number of nitrogens with zero attached hydrogens (tertiary/aromatic N) is 1. The highest BCUT2D eigenvalue weighted by molar-refractivity contribution is 6.05. The standard InChI is InChI=1S/C10H8N2O4/c1-4-5-2-3-11-8(5)12-7(10(15)16)6(4)9(13)14/h2-3H,1H3,(H,11,12)(H,13,14)(H,15,16). The van der Waals surface area contributed by atoms with Crippen LogP contribution in [0.3, 0.4) is 0 Å². The minimum absolute atomic E-state index is 0.264. The molecule has 0 aliphatic carbocycles. The molecule has 2 aromatic rings. The second-order valence-corrected chi connectivity index (χ2v) is 3.31. The normalized spacial score (nSPS) is 10.6. The maximum Gasteiger partial charge on any atom is 0.355 e. The van der Waals surface area contributed by atoms with Gasteiger partial charge in [-0.3, -0.25) is 0 Å². The van der Waals surface area contributed by atoms with Crippen molar-refractivity contribution in [1.29, 1.82) is 0 Å². The molecule has 0 spiro atoms. The van der Waals surface area contributed by atoms with E-state index < -0.39 is 17.6 Å². The Morgan fingerprint density at radius 2 is 2.00 bits per heavy atom. The van der Waals surface area contributed by atoms with Gasteiger partial charge in [0.1, 0.15) is 5.65 Å². The van der Waals surface area contributed by atoms with Crippen LogP contribution in [0, 0.1) is 6.92 Å². The van der Waals surface area contributed by atoms with E-state index in [0.717, 1.165) is 0 Å². The number of carboxylic acids is 2. The number of hydrogen-bond acceptors (Lipinski definition) is 3. The highest BCUT2D eigenvalue weighted by Gasteiger charge is 2.22. The van der Waals surface area contributed by atoms with E-state index in [0.29, 0.717) is 16.6 Å². The molecule has 16 heavy (non-hydrogen) atoms. The number of aromatic nitrogens is 2. The maximum absolute atomic E-state index is 11.0. The monoisotopic (exact) mass is 220 g/mol. The molecule has 3 N–H and O–H groups in total. The first-order valence-electron chi connectivity index (χ1n) is 4.46. The van der Waals surface area contributed by atoms with Gasteiger partial charge in [0.15, 0.2) is 5.69 Å². The zero-order valence-electron chi connectivity index (χ0n) is 8.31. The maximum atomic E-state index is 11.0. The molecule has 2 heterocycles. The third-order valence-electron chi connectivity index (χ3n) is 2.38. The molecule has 0 saturated carbocycles. The lowest BCUT2D eigenvalue weighted by Gasteiger charge is -2.05. The highest BCUT2D eigenvalue weighted by atomic mass is 16.4. The van der Waals surface area contributed by atoms with Gasteiger partial charge in [-0.25, -0.2) is 14.6 Å². The van der Waals surface area contributed by atoms with E-state index in [1.54, 1.807) is 19.2 Å². The lowest BCUT2D eigenvalue weighted by molar-refractivity contribution is 0.0646. The minimum Gasteiger partial charge on any atom is -0.478 e. The number of fused-ring (bicyclic) bond motifs is 1. The van der Waals surface area contributed by atoms with Gasteiger partial charge >= 0.3 is 11.9 Å². The van der Waals surface area contributed by atoms with Crippen molar-refractivity contribution in [3.63, 3.8) is 0 Å². The summed E-state index contributed by atoms with van der Waals surface area (Å²) >= 11 is 0. The zero-order chi connectivity index (χ0) is 11.9. The van der Waals surface area contributed by atoms with Crippen molar-refractivity contribution in [2.45, 2.75) is 6.92 Å². The predicted molar refractivity (Wildman–Crippen MR) is 54.7 cm³/mol. The molecule has 0 saturated heterocycles. The van der Waals surface area contributed by atoms with Crippen molar-refractivity contribution in [1.82, 2.24) is 9.97 Å². The van der Waals surface area contributed by atoms with E-state index in [2.05, 4.69) is 9.97 Å². The predicted octanol–water partition coefficient (Wildman–Crippen LogP) is 1.27. The summed E-state index contributed by atoms with van der Waals surface area (Å²) in [7, 11) is 0. The first kappa shape index (κ1) is 10.2. The van der Waals surface area contributed by atoms with Crippen molar-refractivity contribution < 1.29 is 19.8 Å². The Labute approximate surface area is 89.5 Å². The number of hydrogen-bond donors (Lipinski definition) is 3. The number of nitrogens with one attached hydrogen (secondary N) is 1. The molecular formula is C10H8N2O4. The molecule has 0 aliphatic heterocycles. The van der Waals surface area contributed by atoms with Gasteiger partial charge in [-0.15, -0.1) is 0 Å². The molecule has 6 heteroatoms. The molecule has 2 aromatic heterocycles. The van der Waals surface area contributed by atoms with Gasteiger partial charge in [0.25, 0.3) is 0 Å². The number of H-pyrrole nitrogens is 1. The van der Waals surface area contributed by atoms with Crippen LogP contribution in [0.1, 0.15) is 26.4 Å². The van der Waals surface area contributed by atoms with Crippen molar-refractivity contribution in [2.24, 2.45) is 0 Å². The topological polar surface area (TPSA) is 103 Å². The average Bonchev–Trinajstić information content (AvgIpc) is 2.64. The van der Waals surface area contributed by atoms with Crippen LogP contribution in [-0.2, 0) is 0 Å². The molecule has 0 aliphatic rings. The third-order valence-corrected chi connectivity index (χ3v) is 2.38. The summed E-state index contributed by atoms with van der Waals surface area (Å²) in [5.41, 5.74) is 0.0654. The van der Waals surface area contributed by atoms with Crippen LogP contribution in [0.4, 0.5) is 0 Å². The average molecular weight is 220 g/mol. The van der Waals surface area contributed by atoms with Crippen molar-refractivity contribution in [2.75, 3.05) is 0 Å². The molecule has 0 aromatic carbocycles. The van der Waals surface area contributed by atoms with Gasteiger partial charge < -0.3 is 15.2 Å². The fraction of sp³-hybridized carbons (Fsp3) is 0.100. The lowest BCUT2D eigenvalue weighted by atomic mass is 10.0. The van der Waals surface area contributed by atoms with E-state index in [1.807, 2.05) is 0 Å². The summed E-state index contributed by atoms with van der Waals surface area (Å²) in [6.07, 6.45) is 1.59. The number of aryl methyl sites for hydroxylation is 1. The van der Waals surface area contributed by atoms with Gasteiger partial charge in [-0.05, 0) is 18.6 Å². The Kier molecular flexibility index (Phi) is 2.12. The van der Waals surface area contributed by atoms with Crippen LogP contribution in [0.5, 0.6) is 0 Å². The van der Waals surface area contributed by atoms with Crippen LogP contribution in [-0.4, -0.2) is 32.1 Å². The Balaban J connectivity index is 2.91. The molecule has 82 valence electrons. The Morgan fingerprint density at radius 1 is 1.31 bits per heavy atom. The molecular weight excluding hydrogens is 212 g/mol. The van der Waals surface area contributed by atoms with E-state index in [4.69, 9.17) is 10.2 Å². The van der Waals surface area contributed by atoms with E-state index in [9.17, 15) is 9.59 Å². The van der Waals surface area contributed by atoms with E-state index >= 15 is 0 Å². The molecule has 0 atom stereocenters. The number of carboxylic acid groups (broad SMARTS) is 2. The molecule has 0 amide bonds. The Hall–Kier alpha value is -2.37. The minimum atomic E-state index is -1.35. The Bertz CT molecular complexity index is 600. The number of rotatable bonds is 2. The van der Waals surface area contributed by atoms with Gasteiger partial charge in [-0.1, -0.05) is 0 Å². The summed E-state index contributed by atoms with van der Waals surface area (Å²) in [5, 5.41) is 18.5. The molecule has 6 nitrogen and oxygen atoms in total. The van der Waals surface area contributed by atoms with Crippen molar-refractivity contribution in [3.05, 3.63) is 29.1 Å². The lowest BCUT2D eigenvalue weighted by Crippen LogP contribution is -2.12. The van der Waals surface area contributed by atoms with Gasteiger partial charge in [-0.2, -0.15) is 0 Å². The first-order valence-corrected chi connectivity index (χ1v) is 4.46. The second-order valence-electron chi connectivity index (χ2n) is 3.31. The molecule has 2 rings (SSSR count). The van der Waals surface area contributed by atoms with E-state index in [-0.39, 0.29) is 5.56 Å². The molecule has 0 unspecified atom stereocenters. The highest BCUT2D eigenvalue weighted by Crippen LogP contribution is 2.22. The second kappa shape index (κ2) is 3.34. The van der Waals surface area contributed by atoms with Crippen molar-refractivity contribution >= 4 is 23.0 Å². The summed E-state index contributed by atoms with van der Waals surface area (Å²) in [4.78, 5) is 28.4. The quantitative estimate of drug-likeness (QED) is 0.707. The van der Waals surface area contributed by atoms with Crippen LogP contribution in [0.15, 0.2) is 12.3 Å². The van der Waals surface area contributed by atoms with Crippen molar-refractivity contribution in [3.8, 4) is 0 Å². The van der Waals surface area contributed by atoms with Crippen LogP contribution >= 0.6 is 0 Å². The summed E-state index contributed by atoms with van der Waals surface area (Å²) in [6, 6.07) is 1.66. The molecule has 0 fully saturated rings. The third kappa shape index (κ3) is 1.31. The Morgan fingerprint density at radius 3 is 2.56 bits per heavy atom. The van der Waals surface area contributed by atoms with Gasteiger partial charge in [0, 0.05) is 11.6 Å². The number of carbonyl (C=O) groups is 2. The van der Waals surface area contributed by atoms with Gasteiger partial charge in [0.05, 0.1) is 5.56 Å². The summed E-state index contributed by atoms with van der Waals surface area (Å²) < 4.78 is 0. The number of pyridine rings is 1. The smallest absolute Gasteiger partial charge is 0.355 e. The van der Waals surface area contributed by atoms with E-state index in [1.165, 1.54) is 0 Å². The summed E-state index contributed by atoms with van der Waals surface area (Å²) in [5.74, 6) is -2.64. The number of aromatic carboxylic acids is 2. The van der Waals surface area contributed by atoms with Crippen LogP contribution in [0.25, 0.3) is 11.0 Å². The van der Waals surface area contributed by atoms with Crippen LogP contribution in [0.2, 0.25) is 0 Å². The van der Waals surface area contributed by atoms with Gasteiger partial charge in [0.2, 0.25) is 0 Å². The summed E-state index contributed by atoms with van der Waals surface area (Å²) in [6.45, 7) is 1.56. The zero-order valence-corrected chi connectivity index (χ0v) is 8.31. The largest absolute Gasteiger partial charge is 0.478 e.